The van der Waals surface area contributed by atoms with Crippen LogP contribution in [0, 0.1) is 5.92 Å². The zero-order valence-corrected chi connectivity index (χ0v) is 24.3. The van der Waals surface area contributed by atoms with Crippen LogP contribution in [-0.2, 0) is 14.3 Å². The first kappa shape index (κ1) is 28.6. The summed E-state index contributed by atoms with van der Waals surface area (Å²) in [5.74, 6) is -0.681. The van der Waals surface area contributed by atoms with E-state index in [2.05, 4.69) is 27.3 Å². The molecule has 0 aliphatic carbocycles. The molecule has 9 heteroatoms. The molecule has 222 valence electrons. The van der Waals surface area contributed by atoms with Crippen LogP contribution < -0.4 is 10.5 Å². The number of piperidine rings is 1. The average molecular weight is 571 g/mol. The van der Waals surface area contributed by atoms with Crippen molar-refractivity contribution < 1.29 is 14.3 Å². The normalized spacial score (nSPS) is 21.6. The molecular formula is C33H42N6O3. The van der Waals surface area contributed by atoms with Crippen molar-refractivity contribution in [2.75, 3.05) is 56.6 Å². The summed E-state index contributed by atoms with van der Waals surface area (Å²) in [6.07, 6.45) is 14.1. The molecule has 0 radical (unpaired) electrons. The average Bonchev–Trinajstić information content (AvgIpc) is 3.05. The van der Waals surface area contributed by atoms with Gasteiger partial charge in [-0.2, -0.15) is 10.2 Å². The fourth-order valence-electron chi connectivity index (χ4n) is 5.79. The van der Waals surface area contributed by atoms with Crippen LogP contribution >= 0.6 is 0 Å². The molecule has 0 spiro atoms. The topological polar surface area (TPSA) is 74.7 Å². The lowest BCUT2D eigenvalue weighted by Gasteiger charge is -2.47. The second kappa shape index (κ2) is 14.1. The van der Waals surface area contributed by atoms with Crippen molar-refractivity contribution in [1.82, 2.24) is 14.9 Å². The number of aromatic nitrogens is 1. The first-order valence-corrected chi connectivity index (χ1v) is 15.3. The molecule has 1 N–H and O–H groups in total. The number of pyridine rings is 1. The molecule has 1 unspecified atom stereocenters. The molecule has 0 amide bonds. The Bertz CT molecular complexity index is 1330. The number of aliphatic imine (C=N–C) groups is 1. The van der Waals surface area contributed by atoms with Gasteiger partial charge in [-0.3, -0.25) is 9.82 Å². The van der Waals surface area contributed by atoms with E-state index in [0.29, 0.717) is 19.1 Å². The highest BCUT2D eigenvalue weighted by Gasteiger charge is 2.41. The van der Waals surface area contributed by atoms with Gasteiger partial charge in [-0.15, -0.1) is 0 Å². The third-order valence-electron chi connectivity index (χ3n) is 8.15. The van der Waals surface area contributed by atoms with Gasteiger partial charge in [0.05, 0.1) is 36.3 Å². The number of ether oxygens (including phenoxy) is 2. The van der Waals surface area contributed by atoms with Crippen molar-refractivity contribution in [2.24, 2.45) is 10.9 Å². The van der Waals surface area contributed by atoms with E-state index in [1.807, 2.05) is 71.0 Å². The zero-order valence-electron chi connectivity index (χ0n) is 24.3. The summed E-state index contributed by atoms with van der Waals surface area (Å²) in [6, 6.07) is 20.3. The van der Waals surface area contributed by atoms with Crippen LogP contribution in [0.25, 0.3) is 10.9 Å². The minimum atomic E-state index is -1.10. The van der Waals surface area contributed by atoms with E-state index in [1.54, 1.807) is 12.5 Å². The van der Waals surface area contributed by atoms with Gasteiger partial charge in [-0.25, -0.2) is 4.99 Å². The van der Waals surface area contributed by atoms with Crippen molar-refractivity contribution in [2.45, 2.75) is 44.4 Å². The number of hydrazine groups is 1. The van der Waals surface area contributed by atoms with E-state index in [-0.39, 0.29) is 0 Å². The Morgan fingerprint density at radius 2 is 1.81 bits per heavy atom. The molecule has 2 saturated heterocycles. The summed E-state index contributed by atoms with van der Waals surface area (Å²) in [7, 11) is 0. The monoisotopic (exact) mass is 570 g/mol. The summed E-state index contributed by atoms with van der Waals surface area (Å²) in [6.45, 7) is 6.03. The maximum Gasteiger partial charge on any atom is 0.262 e. The van der Waals surface area contributed by atoms with Crippen molar-refractivity contribution in [3.8, 4) is 0 Å². The summed E-state index contributed by atoms with van der Waals surface area (Å²) in [4.78, 5) is 18.4. The Balaban J connectivity index is 1.28. The van der Waals surface area contributed by atoms with Gasteiger partial charge in [-0.05, 0) is 75.4 Å². The maximum absolute atomic E-state index is 6.83. The number of hydrogen-bond acceptors (Lipinski definition) is 9. The summed E-state index contributed by atoms with van der Waals surface area (Å²) in [5, 5.41) is 8.45. The number of nitrogens with one attached hydrogen (secondary N) is 1. The Hall–Kier alpha value is -3.50. The number of benzene rings is 2. The van der Waals surface area contributed by atoms with Crippen molar-refractivity contribution >= 4 is 28.6 Å². The van der Waals surface area contributed by atoms with E-state index in [1.165, 1.54) is 32.4 Å². The van der Waals surface area contributed by atoms with E-state index in [4.69, 9.17) is 19.3 Å². The van der Waals surface area contributed by atoms with E-state index in [0.717, 1.165) is 61.3 Å². The second-order valence-electron chi connectivity index (χ2n) is 11.2. The zero-order chi connectivity index (χ0) is 28.5. The molecule has 3 aromatic rings. The van der Waals surface area contributed by atoms with E-state index < -0.39 is 5.85 Å². The number of likely N-dealkylation sites (tertiary alicyclic amines) is 1. The maximum atomic E-state index is 6.83. The molecule has 2 aromatic carbocycles. The Labute approximate surface area is 248 Å². The van der Waals surface area contributed by atoms with Crippen LogP contribution in [0.2, 0.25) is 0 Å². The smallest absolute Gasteiger partial charge is 0.262 e. The molecule has 1 aromatic heterocycles. The summed E-state index contributed by atoms with van der Waals surface area (Å²) < 4.78 is 12.4. The van der Waals surface area contributed by atoms with Gasteiger partial charge in [-0.1, -0.05) is 42.8 Å². The van der Waals surface area contributed by atoms with Gasteiger partial charge >= 0.3 is 0 Å². The van der Waals surface area contributed by atoms with Gasteiger partial charge in [0, 0.05) is 37.4 Å². The van der Waals surface area contributed by atoms with E-state index in [9.17, 15) is 0 Å². The highest BCUT2D eigenvalue weighted by atomic mass is 16.7. The van der Waals surface area contributed by atoms with Gasteiger partial charge in [0.15, 0.2) is 0 Å². The molecule has 0 saturated carbocycles. The number of nitrogens with zero attached hydrogens (tertiary/aromatic N) is 5. The molecule has 6 rings (SSSR count). The second-order valence-corrected chi connectivity index (χ2v) is 11.2. The lowest BCUT2D eigenvalue weighted by atomic mass is 10.0. The molecule has 42 heavy (non-hydrogen) atoms. The minimum absolute atomic E-state index is 0.416. The van der Waals surface area contributed by atoms with Crippen LogP contribution in [0.3, 0.4) is 0 Å². The Morgan fingerprint density at radius 3 is 2.67 bits per heavy atom. The highest BCUT2D eigenvalue weighted by molar-refractivity contribution is 5.81. The third-order valence-corrected chi connectivity index (χ3v) is 8.15. The van der Waals surface area contributed by atoms with Crippen LogP contribution in [-0.4, -0.2) is 73.1 Å². The lowest BCUT2D eigenvalue weighted by Crippen LogP contribution is -2.63. The highest BCUT2D eigenvalue weighted by Crippen LogP contribution is 2.31. The molecule has 3 aliphatic heterocycles. The lowest BCUT2D eigenvalue weighted by molar-refractivity contribution is -0.128. The van der Waals surface area contributed by atoms with Gasteiger partial charge in [0.2, 0.25) is 0 Å². The number of hydrogen-bond donors (Lipinski definition) is 1. The molecule has 0 bridgehead atoms. The largest absolute Gasteiger partial charge is 0.381 e. The summed E-state index contributed by atoms with van der Waals surface area (Å²) in [5.41, 5.74) is 2.67. The number of anilines is 2. The number of rotatable bonds is 12. The molecule has 4 heterocycles. The van der Waals surface area contributed by atoms with E-state index >= 15 is 0 Å². The van der Waals surface area contributed by atoms with Crippen molar-refractivity contribution in [3.63, 3.8) is 0 Å². The predicted molar refractivity (Wildman–Crippen MR) is 167 cm³/mol. The number of fused-ring (bicyclic) bond motifs is 1. The standard InChI is InChI=1S/C33H42N6O3/c1-3-11-31(12-4-1)39(42-26-28-14-22-40-23-15-28)38-27-34-17-16-33(38,41-21-9-20-37-18-7-2-8-19-37)36-30-24-29-10-5-6-13-32(29)35-25-30/h1,3-6,10-13,16-17,24-25,27-28,36H,2,7-9,14-15,18-23,26H2. The Morgan fingerprint density at radius 1 is 1.00 bits per heavy atom. The first-order valence-electron chi connectivity index (χ1n) is 15.3. The van der Waals surface area contributed by atoms with Gasteiger partial charge < -0.3 is 19.7 Å². The van der Waals surface area contributed by atoms with Crippen molar-refractivity contribution in [3.05, 3.63) is 79.1 Å². The minimum Gasteiger partial charge on any atom is -0.381 e. The molecule has 3 aliphatic rings. The fourth-order valence-corrected chi connectivity index (χ4v) is 5.79. The van der Waals surface area contributed by atoms with Crippen molar-refractivity contribution in [1.29, 1.82) is 0 Å². The van der Waals surface area contributed by atoms with Crippen LogP contribution in [0.15, 0.2) is 84.1 Å². The quantitative estimate of drug-likeness (QED) is 0.166. The van der Waals surface area contributed by atoms with Crippen LogP contribution in [0.4, 0.5) is 11.4 Å². The molecule has 2 fully saturated rings. The fraction of sp³-hybridized carbons (Fsp3) is 0.455. The Kier molecular flexibility index (Phi) is 9.61. The molecular weight excluding hydrogens is 528 g/mol. The predicted octanol–water partition coefficient (Wildman–Crippen LogP) is 5.83. The molecule has 9 nitrogen and oxygen atoms in total. The first-order chi connectivity index (χ1) is 20.8. The van der Waals surface area contributed by atoms with Crippen LogP contribution in [0.5, 0.6) is 0 Å². The van der Waals surface area contributed by atoms with Crippen LogP contribution in [0.1, 0.15) is 38.5 Å². The number of para-hydroxylation sites is 2. The van der Waals surface area contributed by atoms with Gasteiger partial charge in [0.25, 0.3) is 5.85 Å². The molecule has 1 atom stereocenters. The summed E-state index contributed by atoms with van der Waals surface area (Å²) >= 11 is 0. The third kappa shape index (κ3) is 7.10. The van der Waals surface area contributed by atoms with Gasteiger partial charge in [0.1, 0.15) is 6.34 Å². The SMILES string of the molecule is C1=CC(Nc2cnc3ccccc3c2)(OCCCN2CCCCC2)N(N(OCC2CCOCC2)c2ccccc2)C=N1.